The summed E-state index contributed by atoms with van der Waals surface area (Å²) < 4.78 is 3.92. The van der Waals surface area contributed by atoms with Crippen molar-refractivity contribution < 1.29 is 0 Å². The van der Waals surface area contributed by atoms with Gasteiger partial charge in [-0.1, -0.05) is 11.6 Å². The van der Waals surface area contributed by atoms with E-state index in [1.165, 1.54) is 12.8 Å². The number of fused-ring (bicyclic) bond motifs is 2. The van der Waals surface area contributed by atoms with Crippen LogP contribution >= 0.6 is 11.6 Å². The van der Waals surface area contributed by atoms with E-state index < -0.39 is 0 Å². The summed E-state index contributed by atoms with van der Waals surface area (Å²) in [5, 5.41) is 9.28. The quantitative estimate of drug-likeness (QED) is 0.871. The van der Waals surface area contributed by atoms with Crippen LogP contribution in [-0.2, 0) is 13.6 Å². The Kier molecular flexibility index (Phi) is 3.23. The van der Waals surface area contributed by atoms with E-state index in [4.69, 9.17) is 11.6 Å². The second kappa shape index (κ2) is 5.10. The molecule has 4 rings (SSSR count). The number of halogens is 1. The SMILES string of the molecule is Cn1ncnc1CN1C2CCC1CC(n1cc(Cl)cn1)C2. The Labute approximate surface area is 128 Å². The highest BCUT2D eigenvalue weighted by atomic mass is 35.5. The zero-order valence-corrected chi connectivity index (χ0v) is 12.8. The van der Waals surface area contributed by atoms with Crippen molar-refractivity contribution in [2.45, 2.75) is 50.4 Å². The highest BCUT2D eigenvalue weighted by Crippen LogP contribution is 2.41. The van der Waals surface area contributed by atoms with Crippen molar-refractivity contribution in [3.05, 3.63) is 29.6 Å². The number of hydrogen-bond donors (Lipinski definition) is 0. The molecule has 6 nitrogen and oxygen atoms in total. The summed E-state index contributed by atoms with van der Waals surface area (Å²) in [7, 11) is 1.96. The Morgan fingerprint density at radius 2 is 1.95 bits per heavy atom. The molecule has 21 heavy (non-hydrogen) atoms. The predicted octanol–water partition coefficient (Wildman–Crippen LogP) is 2.03. The van der Waals surface area contributed by atoms with Crippen LogP contribution in [0, 0.1) is 0 Å². The number of rotatable bonds is 3. The molecule has 2 atom stereocenters. The zero-order chi connectivity index (χ0) is 14.4. The van der Waals surface area contributed by atoms with E-state index in [2.05, 4.69) is 20.1 Å². The van der Waals surface area contributed by atoms with Gasteiger partial charge in [-0.3, -0.25) is 14.3 Å². The average Bonchev–Trinajstić information content (AvgIpc) is 3.12. The molecule has 0 N–H and O–H groups in total. The van der Waals surface area contributed by atoms with Crippen LogP contribution in [0.25, 0.3) is 0 Å². The molecule has 0 radical (unpaired) electrons. The molecular weight excluding hydrogens is 288 g/mol. The standard InChI is InChI=1S/C14H19ClN6/c1-19-14(16-9-18-19)8-20-11-2-3-12(20)5-13(4-11)21-7-10(15)6-17-21/h6-7,9,11-13H,2-5,8H2,1H3. The van der Waals surface area contributed by atoms with E-state index in [1.807, 2.05) is 22.6 Å². The molecule has 4 heterocycles. The summed E-state index contributed by atoms with van der Waals surface area (Å²) in [5.41, 5.74) is 0. The molecule has 2 fully saturated rings. The van der Waals surface area contributed by atoms with Crippen LogP contribution in [0.4, 0.5) is 0 Å². The third-order valence-electron chi connectivity index (χ3n) is 4.93. The van der Waals surface area contributed by atoms with E-state index in [9.17, 15) is 0 Å². The van der Waals surface area contributed by atoms with Crippen LogP contribution in [0.1, 0.15) is 37.5 Å². The number of piperidine rings is 1. The molecule has 0 aliphatic carbocycles. The summed E-state index contributed by atoms with van der Waals surface area (Å²) >= 11 is 6.00. The second-order valence-corrected chi connectivity index (χ2v) is 6.56. The zero-order valence-electron chi connectivity index (χ0n) is 12.1. The average molecular weight is 307 g/mol. The highest BCUT2D eigenvalue weighted by Gasteiger charge is 2.41. The van der Waals surface area contributed by atoms with Gasteiger partial charge >= 0.3 is 0 Å². The van der Waals surface area contributed by atoms with Gasteiger partial charge in [0.1, 0.15) is 12.2 Å². The van der Waals surface area contributed by atoms with Crippen LogP contribution in [0.3, 0.4) is 0 Å². The first-order valence-corrected chi connectivity index (χ1v) is 7.87. The summed E-state index contributed by atoms with van der Waals surface area (Å²) in [6, 6.07) is 1.72. The number of aryl methyl sites for hydroxylation is 1. The first-order chi connectivity index (χ1) is 10.2. The fraction of sp³-hybridized carbons (Fsp3) is 0.643. The Morgan fingerprint density at radius 3 is 2.52 bits per heavy atom. The summed E-state index contributed by atoms with van der Waals surface area (Å²) in [6.45, 7) is 0.901. The molecule has 2 aromatic rings. The maximum atomic E-state index is 6.00. The van der Waals surface area contributed by atoms with Crippen molar-refractivity contribution in [2.24, 2.45) is 7.05 Å². The van der Waals surface area contributed by atoms with Crippen LogP contribution in [0.5, 0.6) is 0 Å². The predicted molar refractivity (Wildman–Crippen MR) is 78.9 cm³/mol. The lowest BCUT2D eigenvalue weighted by Crippen LogP contribution is -2.43. The fourth-order valence-corrected chi connectivity index (χ4v) is 4.00. The molecule has 2 bridgehead atoms. The van der Waals surface area contributed by atoms with Gasteiger partial charge in [0.2, 0.25) is 0 Å². The van der Waals surface area contributed by atoms with Crippen molar-refractivity contribution in [1.29, 1.82) is 0 Å². The fourth-order valence-electron chi connectivity index (χ4n) is 3.86. The van der Waals surface area contributed by atoms with Crippen LogP contribution < -0.4 is 0 Å². The third-order valence-corrected chi connectivity index (χ3v) is 5.13. The third kappa shape index (κ3) is 2.36. The van der Waals surface area contributed by atoms with Crippen LogP contribution in [0.15, 0.2) is 18.7 Å². The van der Waals surface area contributed by atoms with E-state index >= 15 is 0 Å². The molecule has 112 valence electrons. The highest BCUT2D eigenvalue weighted by molar-refractivity contribution is 6.30. The monoisotopic (exact) mass is 306 g/mol. The number of hydrogen-bond acceptors (Lipinski definition) is 4. The van der Waals surface area contributed by atoms with Gasteiger partial charge in [0, 0.05) is 25.3 Å². The van der Waals surface area contributed by atoms with Crippen molar-refractivity contribution in [1.82, 2.24) is 29.4 Å². The lowest BCUT2D eigenvalue weighted by atomic mass is 9.97. The molecule has 0 saturated carbocycles. The minimum Gasteiger partial charge on any atom is -0.290 e. The maximum absolute atomic E-state index is 6.00. The second-order valence-electron chi connectivity index (χ2n) is 6.12. The molecule has 0 amide bonds. The molecule has 7 heteroatoms. The Morgan fingerprint density at radius 1 is 1.19 bits per heavy atom. The normalized spacial score (nSPS) is 29.1. The smallest absolute Gasteiger partial charge is 0.140 e. The van der Waals surface area contributed by atoms with Crippen molar-refractivity contribution >= 4 is 11.6 Å². The minimum absolute atomic E-state index is 0.478. The summed E-state index contributed by atoms with van der Waals surface area (Å²) in [4.78, 5) is 6.97. The lowest BCUT2D eigenvalue weighted by molar-refractivity contribution is 0.0913. The van der Waals surface area contributed by atoms with E-state index in [0.717, 1.165) is 30.2 Å². The largest absolute Gasteiger partial charge is 0.290 e. The van der Waals surface area contributed by atoms with Gasteiger partial charge in [0.15, 0.2) is 0 Å². The minimum atomic E-state index is 0.478. The van der Waals surface area contributed by atoms with Crippen molar-refractivity contribution in [3.63, 3.8) is 0 Å². The van der Waals surface area contributed by atoms with E-state index in [1.54, 1.807) is 12.5 Å². The van der Waals surface area contributed by atoms with E-state index in [-0.39, 0.29) is 0 Å². The molecule has 2 aromatic heterocycles. The molecule has 2 saturated heterocycles. The molecule has 2 aliphatic rings. The number of nitrogens with zero attached hydrogens (tertiary/aromatic N) is 6. The molecule has 0 spiro atoms. The van der Waals surface area contributed by atoms with Gasteiger partial charge in [-0.15, -0.1) is 0 Å². The topological polar surface area (TPSA) is 51.8 Å². The van der Waals surface area contributed by atoms with Crippen LogP contribution in [0.2, 0.25) is 5.02 Å². The lowest BCUT2D eigenvalue weighted by Gasteiger charge is -2.38. The first-order valence-electron chi connectivity index (χ1n) is 7.49. The summed E-state index contributed by atoms with van der Waals surface area (Å²) in [5.74, 6) is 1.05. The Bertz CT molecular complexity index is 621. The van der Waals surface area contributed by atoms with Crippen molar-refractivity contribution in [3.8, 4) is 0 Å². The Hall–Kier alpha value is -1.40. The summed E-state index contributed by atoms with van der Waals surface area (Å²) in [6.07, 6.45) is 10.1. The van der Waals surface area contributed by atoms with Gasteiger partial charge in [-0.25, -0.2) is 4.98 Å². The Balaban J connectivity index is 1.50. The van der Waals surface area contributed by atoms with Gasteiger partial charge < -0.3 is 0 Å². The van der Waals surface area contributed by atoms with Gasteiger partial charge in [-0.05, 0) is 25.7 Å². The van der Waals surface area contributed by atoms with Crippen LogP contribution in [-0.4, -0.2) is 41.5 Å². The first kappa shape index (κ1) is 13.3. The van der Waals surface area contributed by atoms with Gasteiger partial charge in [-0.2, -0.15) is 10.2 Å². The van der Waals surface area contributed by atoms with Gasteiger partial charge in [0.25, 0.3) is 0 Å². The number of aromatic nitrogens is 5. The molecule has 2 unspecified atom stereocenters. The van der Waals surface area contributed by atoms with Gasteiger partial charge in [0.05, 0.1) is 23.8 Å². The molecule has 2 aliphatic heterocycles. The van der Waals surface area contributed by atoms with E-state index in [0.29, 0.717) is 18.1 Å². The van der Waals surface area contributed by atoms with Crippen molar-refractivity contribution in [2.75, 3.05) is 0 Å². The molecular formula is C14H19ClN6. The molecule has 0 aromatic carbocycles. The maximum Gasteiger partial charge on any atom is 0.140 e.